The molecule has 2 amide bonds. The van der Waals surface area contributed by atoms with Crippen LogP contribution in [0.3, 0.4) is 0 Å². The van der Waals surface area contributed by atoms with Crippen molar-refractivity contribution < 1.29 is 14.5 Å². The third-order valence-electron chi connectivity index (χ3n) is 5.88. The first-order valence-corrected chi connectivity index (χ1v) is 9.85. The van der Waals surface area contributed by atoms with Crippen molar-refractivity contribution in [1.29, 1.82) is 0 Å². The van der Waals surface area contributed by atoms with E-state index in [9.17, 15) is 19.7 Å². The van der Waals surface area contributed by atoms with Crippen molar-refractivity contribution in [2.75, 3.05) is 6.54 Å². The normalized spacial score (nSPS) is 24.5. The lowest BCUT2D eigenvalue weighted by atomic mass is 9.69. The van der Waals surface area contributed by atoms with Crippen LogP contribution in [0, 0.1) is 22.0 Å². The second kappa shape index (κ2) is 8.97. The number of fused-ring (bicyclic) bond motifs is 1. The Bertz CT molecular complexity index is 689. The number of carbonyl (C=O) groups excluding carboxylic acids is 2. The fraction of sp³-hybridized carbons (Fsp3) is 0.600. The fourth-order valence-electron chi connectivity index (χ4n) is 4.43. The standard InChI is InChI=1S/C20H27N3O4/c24-19(22-17-8-5-14-3-1-2-4-16(14)13-17)11-12-21-20(25)15-6-9-18(10-7-15)23(26)27/h6-7,9-10,14,16-17H,1-5,8,11-13H2,(H,21,25)(H,22,24). The van der Waals surface area contributed by atoms with E-state index in [2.05, 4.69) is 10.6 Å². The SMILES string of the molecule is O=C(CCNC(=O)c1ccc([N+](=O)[O-])cc1)NC1CCC2CCCCC2C1. The van der Waals surface area contributed by atoms with E-state index in [0.29, 0.717) is 5.56 Å². The van der Waals surface area contributed by atoms with E-state index in [4.69, 9.17) is 0 Å². The van der Waals surface area contributed by atoms with Crippen molar-refractivity contribution in [3.05, 3.63) is 39.9 Å². The molecule has 3 atom stereocenters. The monoisotopic (exact) mass is 373 g/mol. The number of nitrogens with zero attached hydrogens (tertiary/aromatic N) is 1. The lowest BCUT2D eigenvalue weighted by Crippen LogP contribution is -2.42. The zero-order valence-corrected chi connectivity index (χ0v) is 15.5. The van der Waals surface area contributed by atoms with Crippen molar-refractivity contribution in [2.24, 2.45) is 11.8 Å². The second-order valence-electron chi connectivity index (χ2n) is 7.69. The molecule has 1 aromatic rings. The van der Waals surface area contributed by atoms with Gasteiger partial charge >= 0.3 is 0 Å². The Morgan fingerprint density at radius 1 is 1.04 bits per heavy atom. The van der Waals surface area contributed by atoms with Crippen LogP contribution >= 0.6 is 0 Å². The molecule has 2 fully saturated rings. The summed E-state index contributed by atoms with van der Waals surface area (Å²) in [5.41, 5.74) is 0.287. The van der Waals surface area contributed by atoms with Crippen LogP contribution in [0.2, 0.25) is 0 Å². The summed E-state index contributed by atoms with van der Waals surface area (Å²) in [4.78, 5) is 34.3. The molecule has 1 aromatic carbocycles. The van der Waals surface area contributed by atoms with Crippen molar-refractivity contribution in [2.45, 2.75) is 57.4 Å². The van der Waals surface area contributed by atoms with E-state index in [1.54, 1.807) is 0 Å². The highest BCUT2D eigenvalue weighted by Crippen LogP contribution is 2.40. The van der Waals surface area contributed by atoms with Crippen molar-refractivity contribution in [3.63, 3.8) is 0 Å². The smallest absolute Gasteiger partial charge is 0.269 e. The number of amides is 2. The fourth-order valence-corrected chi connectivity index (χ4v) is 4.43. The number of carbonyl (C=O) groups is 2. The molecule has 2 aliphatic carbocycles. The molecule has 27 heavy (non-hydrogen) atoms. The van der Waals surface area contributed by atoms with Gasteiger partial charge in [0.25, 0.3) is 11.6 Å². The minimum Gasteiger partial charge on any atom is -0.353 e. The van der Waals surface area contributed by atoms with Gasteiger partial charge in [0.1, 0.15) is 0 Å². The first kappa shape index (κ1) is 19.3. The Kier molecular flexibility index (Phi) is 6.42. The molecule has 146 valence electrons. The maximum atomic E-state index is 12.2. The zero-order valence-electron chi connectivity index (χ0n) is 15.5. The lowest BCUT2D eigenvalue weighted by Gasteiger charge is -2.39. The van der Waals surface area contributed by atoms with Crippen molar-refractivity contribution in [3.8, 4) is 0 Å². The first-order valence-electron chi connectivity index (χ1n) is 9.85. The van der Waals surface area contributed by atoms with Gasteiger partial charge in [0.05, 0.1) is 4.92 Å². The maximum Gasteiger partial charge on any atom is 0.269 e. The van der Waals surface area contributed by atoms with Gasteiger partial charge in [-0.1, -0.05) is 25.7 Å². The average Bonchev–Trinajstić information content (AvgIpc) is 2.68. The van der Waals surface area contributed by atoms with E-state index in [1.165, 1.54) is 56.4 Å². The third-order valence-corrected chi connectivity index (χ3v) is 5.88. The van der Waals surface area contributed by atoms with Gasteiger partial charge < -0.3 is 10.6 Å². The number of nitro benzene ring substituents is 1. The largest absolute Gasteiger partial charge is 0.353 e. The van der Waals surface area contributed by atoms with Crippen LogP contribution in [-0.2, 0) is 4.79 Å². The minimum absolute atomic E-state index is 0.0294. The molecule has 0 bridgehead atoms. The molecule has 2 N–H and O–H groups in total. The van der Waals surface area contributed by atoms with Gasteiger partial charge in [0.2, 0.25) is 5.91 Å². The molecule has 0 spiro atoms. The molecule has 0 saturated heterocycles. The number of hydrogen-bond donors (Lipinski definition) is 2. The van der Waals surface area contributed by atoms with Crippen molar-refractivity contribution >= 4 is 17.5 Å². The van der Waals surface area contributed by atoms with Gasteiger partial charge in [-0.05, 0) is 43.2 Å². The molecule has 7 nitrogen and oxygen atoms in total. The predicted molar refractivity (Wildman–Crippen MR) is 101 cm³/mol. The summed E-state index contributed by atoms with van der Waals surface area (Å²) in [6.07, 6.45) is 8.91. The minimum atomic E-state index is -0.507. The highest BCUT2D eigenvalue weighted by molar-refractivity contribution is 5.94. The molecule has 3 rings (SSSR count). The summed E-state index contributed by atoms with van der Waals surface area (Å²) in [6, 6.07) is 5.68. The van der Waals surface area contributed by atoms with Crippen LogP contribution in [0.15, 0.2) is 24.3 Å². The summed E-state index contributed by atoms with van der Waals surface area (Å²) < 4.78 is 0. The summed E-state index contributed by atoms with van der Waals surface area (Å²) in [5, 5.41) is 16.4. The van der Waals surface area contributed by atoms with Crippen LogP contribution in [0.25, 0.3) is 0 Å². The first-order chi connectivity index (χ1) is 13.0. The van der Waals surface area contributed by atoms with Gasteiger partial charge in [-0.3, -0.25) is 19.7 Å². The number of benzene rings is 1. The number of hydrogen-bond acceptors (Lipinski definition) is 4. The molecular weight excluding hydrogens is 346 g/mol. The number of nitro groups is 1. The third kappa shape index (κ3) is 5.28. The van der Waals surface area contributed by atoms with Gasteiger partial charge in [-0.25, -0.2) is 0 Å². The maximum absolute atomic E-state index is 12.2. The molecular formula is C20H27N3O4. The molecule has 0 radical (unpaired) electrons. The van der Waals surface area contributed by atoms with E-state index < -0.39 is 4.92 Å². The predicted octanol–water partition coefficient (Wildman–Crippen LogP) is 3.19. The molecule has 7 heteroatoms. The Hall–Kier alpha value is -2.44. The molecule has 3 unspecified atom stereocenters. The summed E-state index contributed by atoms with van der Waals surface area (Å²) in [6.45, 7) is 0.250. The highest BCUT2D eigenvalue weighted by Gasteiger charge is 2.32. The van der Waals surface area contributed by atoms with Crippen LogP contribution in [0.4, 0.5) is 5.69 Å². The Labute approximate surface area is 159 Å². The van der Waals surface area contributed by atoms with Gasteiger partial charge in [-0.15, -0.1) is 0 Å². The van der Waals surface area contributed by atoms with E-state index in [1.807, 2.05) is 0 Å². The van der Waals surface area contributed by atoms with Crippen LogP contribution < -0.4 is 10.6 Å². The molecule has 0 aliphatic heterocycles. The number of rotatable bonds is 6. The Balaban J connectivity index is 1.37. The van der Waals surface area contributed by atoms with Crippen LogP contribution in [-0.4, -0.2) is 29.3 Å². The molecule has 2 saturated carbocycles. The second-order valence-corrected chi connectivity index (χ2v) is 7.69. The zero-order chi connectivity index (χ0) is 19.2. The average molecular weight is 373 g/mol. The van der Waals surface area contributed by atoms with Crippen molar-refractivity contribution in [1.82, 2.24) is 10.6 Å². The summed E-state index contributed by atoms with van der Waals surface area (Å²) in [5.74, 6) is 1.26. The summed E-state index contributed by atoms with van der Waals surface area (Å²) >= 11 is 0. The van der Waals surface area contributed by atoms with E-state index in [0.717, 1.165) is 24.7 Å². The van der Waals surface area contributed by atoms with E-state index in [-0.39, 0.29) is 36.5 Å². The topological polar surface area (TPSA) is 101 Å². The van der Waals surface area contributed by atoms with E-state index >= 15 is 0 Å². The van der Waals surface area contributed by atoms with Crippen LogP contribution in [0.5, 0.6) is 0 Å². The molecule has 2 aliphatic rings. The molecule has 0 aromatic heterocycles. The highest BCUT2D eigenvalue weighted by atomic mass is 16.6. The van der Waals surface area contributed by atoms with Crippen LogP contribution in [0.1, 0.15) is 61.7 Å². The quantitative estimate of drug-likeness (QED) is 0.590. The Morgan fingerprint density at radius 3 is 2.44 bits per heavy atom. The van der Waals surface area contributed by atoms with Gasteiger partial charge in [0.15, 0.2) is 0 Å². The Morgan fingerprint density at radius 2 is 1.74 bits per heavy atom. The summed E-state index contributed by atoms with van der Waals surface area (Å²) in [7, 11) is 0. The number of non-ortho nitro benzene ring substituents is 1. The van der Waals surface area contributed by atoms with Gasteiger partial charge in [0, 0.05) is 36.7 Å². The molecule has 0 heterocycles. The lowest BCUT2D eigenvalue weighted by molar-refractivity contribution is -0.384. The number of nitrogens with one attached hydrogen (secondary N) is 2. The van der Waals surface area contributed by atoms with Gasteiger partial charge in [-0.2, -0.15) is 0 Å².